The van der Waals surface area contributed by atoms with Crippen molar-refractivity contribution in [1.82, 2.24) is 8.80 Å². The van der Waals surface area contributed by atoms with E-state index in [1.54, 1.807) is 12.1 Å². The highest BCUT2D eigenvalue weighted by Gasteiger charge is 2.26. The number of esters is 2. The fourth-order valence-corrected chi connectivity index (χ4v) is 7.17. The molecule has 0 unspecified atom stereocenters. The second-order valence-electron chi connectivity index (χ2n) is 14.5. The molecule has 2 aromatic carbocycles. The highest BCUT2D eigenvalue weighted by molar-refractivity contribution is 6.17. The van der Waals surface area contributed by atoms with Crippen LogP contribution in [0.2, 0.25) is 0 Å². The number of pyridine rings is 2. The Kier molecular flexibility index (Phi) is 17.1. The standard InChI is InChI=1S/C48H54N4O13/c1-31-41(43(53)33-11-13-37(49)35(29-33)47(55)57-3)39-9-5-7-15-51(39)45(31)64-27-25-62-23-21-60-19-17-59-18-20-61-22-24-63-26-28-65-46-32(2)42(40-10-6-8-16-52(40)46)44(54)34-12-14-38(50)36(30-34)48(56)58-4/h5-16,29-30H,17-28,49-50H2,1-4H3. The van der Waals surface area contributed by atoms with Gasteiger partial charge < -0.3 is 54.1 Å². The Labute approximate surface area is 375 Å². The summed E-state index contributed by atoms with van der Waals surface area (Å²) in [6.07, 6.45) is 3.64. The molecule has 0 bridgehead atoms. The zero-order chi connectivity index (χ0) is 46.3. The largest absolute Gasteiger partial charge is 0.476 e. The molecule has 0 amide bonds. The highest BCUT2D eigenvalue weighted by Crippen LogP contribution is 2.33. The minimum Gasteiger partial charge on any atom is -0.476 e. The van der Waals surface area contributed by atoms with Crippen LogP contribution in [0, 0.1) is 13.8 Å². The van der Waals surface area contributed by atoms with Gasteiger partial charge in [0, 0.05) is 46.0 Å². The second-order valence-corrected chi connectivity index (χ2v) is 14.5. The Bertz CT molecular complexity index is 2440. The van der Waals surface area contributed by atoms with Crippen molar-refractivity contribution >= 4 is 45.9 Å². The van der Waals surface area contributed by atoms with Crippen molar-refractivity contribution in [2.45, 2.75) is 13.8 Å². The lowest BCUT2D eigenvalue weighted by molar-refractivity contribution is -0.0143. The molecule has 4 N–H and O–H groups in total. The molecule has 0 spiro atoms. The average Bonchev–Trinajstić information content (AvgIpc) is 3.77. The molecule has 0 aliphatic heterocycles. The van der Waals surface area contributed by atoms with E-state index in [0.717, 1.165) is 0 Å². The Morgan fingerprint density at radius 1 is 0.477 bits per heavy atom. The number of hydrogen-bond donors (Lipinski definition) is 2. The van der Waals surface area contributed by atoms with E-state index in [4.69, 9.17) is 54.1 Å². The number of nitrogens with two attached hydrogens (primary N) is 2. The molecule has 0 saturated carbocycles. The molecule has 0 atom stereocenters. The van der Waals surface area contributed by atoms with Gasteiger partial charge in [0.25, 0.3) is 0 Å². The van der Waals surface area contributed by atoms with Gasteiger partial charge >= 0.3 is 11.9 Å². The summed E-state index contributed by atoms with van der Waals surface area (Å²) in [7, 11) is 2.52. The van der Waals surface area contributed by atoms with Gasteiger partial charge in [0.05, 0.1) is 114 Å². The molecule has 4 aromatic heterocycles. The van der Waals surface area contributed by atoms with E-state index in [1.807, 2.05) is 71.4 Å². The lowest BCUT2D eigenvalue weighted by Crippen LogP contribution is -2.15. The number of nitrogen functional groups attached to an aromatic ring is 2. The fourth-order valence-electron chi connectivity index (χ4n) is 7.17. The first-order valence-electron chi connectivity index (χ1n) is 21.0. The number of nitrogens with zero attached hydrogens (tertiary/aromatic N) is 2. The zero-order valence-electron chi connectivity index (χ0n) is 36.9. The van der Waals surface area contributed by atoms with E-state index >= 15 is 0 Å². The smallest absolute Gasteiger partial charge is 0.339 e. The SMILES string of the molecule is COC(=O)c1cc(C(=O)c2c(C)c(OCCOCCOCCOCCOCCOCCOc3c(C)c(C(=O)c4ccc(N)c(C(=O)OC)c4)c4ccccn34)n3ccccc23)ccc1N. The lowest BCUT2D eigenvalue weighted by atomic mass is 9.98. The highest BCUT2D eigenvalue weighted by atomic mass is 16.6. The quantitative estimate of drug-likeness (QED) is 0.0296. The monoisotopic (exact) mass is 894 g/mol. The van der Waals surface area contributed by atoms with E-state index in [1.165, 1.54) is 38.5 Å². The molecule has 0 radical (unpaired) electrons. The molecule has 344 valence electrons. The average molecular weight is 895 g/mol. The summed E-state index contributed by atoms with van der Waals surface area (Å²) in [6, 6.07) is 20.1. The number of aromatic nitrogens is 2. The normalized spacial score (nSPS) is 11.3. The van der Waals surface area contributed by atoms with Crippen molar-refractivity contribution in [2.75, 3.05) is 105 Å². The summed E-state index contributed by atoms with van der Waals surface area (Å²) in [5.41, 5.74) is 16.7. The van der Waals surface area contributed by atoms with Gasteiger partial charge in [-0.25, -0.2) is 9.59 Å². The summed E-state index contributed by atoms with van der Waals surface area (Å²) < 4.78 is 53.6. The first kappa shape index (κ1) is 47.7. The van der Waals surface area contributed by atoms with Crippen molar-refractivity contribution in [3.63, 3.8) is 0 Å². The predicted molar refractivity (Wildman–Crippen MR) is 241 cm³/mol. The summed E-state index contributed by atoms with van der Waals surface area (Å²) in [4.78, 5) is 51.8. The number of rotatable bonds is 26. The van der Waals surface area contributed by atoms with Crippen molar-refractivity contribution in [1.29, 1.82) is 0 Å². The number of anilines is 2. The van der Waals surface area contributed by atoms with E-state index in [-0.39, 0.29) is 47.3 Å². The molecule has 65 heavy (non-hydrogen) atoms. The molecular weight excluding hydrogens is 841 g/mol. The number of carbonyl (C=O) groups excluding carboxylic acids is 4. The van der Waals surface area contributed by atoms with Gasteiger partial charge in [-0.2, -0.15) is 0 Å². The second kappa shape index (κ2) is 23.3. The van der Waals surface area contributed by atoms with Crippen LogP contribution in [0.25, 0.3) is 11.0 Å². The third kappa shape index (κ3) is 11.5. The minimum atomic E-state index is -0.621. The number of ether oxygens (including phenoxy) is 9. The molecule has 0 fully saturated rings. The van der Waals surface area contributed by atoms with Crippen LogP contribution in [0.3, 0.4) is 0 Å². The van der Waals surface area contributed by atoms with Crippen LogP contribution >= 0.6 is 0 Å². The van der Waals surface area contributed by atoms with Crippen molar-refractivity contribution < 1.29 is 61.8 Å². The van der Waals surface area contributed by atoms with Crippen molar-refractivity contribution in [3.8, 4) is 11.8 Å². The Hall–Kier alpha value is -6.76. The van der Waals surface area contributed by atoms with Crippen LogP contribution in [0.15, 0.2) is 85.2 Å². The summed E-state index contributed by atoms with van der Waals surface area (Å²) in [6.45, 7) is 7.82. The molecule has 4 heterocycles. The van der Waals surface area contributed by atoms with Crippen LogP contribution in [0.5, 0.6) is 11.8 Å². The topological polar surface area (TPSA) is 212 Å². The fraction of sp³-hybridized carbons (Fsp3) is 0.333. The first-order chi connectivity index (χ1) is 31.6. The van der Waals surface area contributed by atoms with Gasteiger partial charge in [-0.15, -0.1) is 0 Å². The summed E-state index contributed by atoms with van der Waals surface area (Å²) in [5, 5.41) is 0. The van der Waals surface area contributed by atoms with E-state index in [9.17, 15) is 19.2 Å². The minimum absolute atomic E-state index is 0.123. The maximum Gasteiger partial charge on any atom is 0.339 e. The predicted octanol–water partition coefficient (Wildman–Crippen LogP) is 5.55. The molecule has 0 aliphatic carbocycles. The summed E-state index contributed by atoms with van der Waals surface area (Å²) in [5.74, 6) is -0.754. The molecule has 0 saturated heterocycles. The van der Waals surface area contributed by atoms with Crippen LogP contribution in [-0.4, -0.2) is 126 Å². The van der Waals surface area contributed by atoms with E-state index < -0.39 is 11.9 Å². The van der Waals surface area contributed by atoms with Gasteiger partial charge in [0.1, 0.15) is 13.2 Å². The van der Waals surface area contributed by atoms with E-state index in [2.05, 4.69) is 0 Å². The number of carbonyl (C=O) groups is 4. The van der Waals surface area contributed by atoms with Gasteiger partial charge in [-0.05, 0) is 74.5 Å². The van der Waals surface area contributed by atoms with Crippen LogP contribution in [0.1, 0.15) is 63.7 Å². The van der Waals surface area contributed by atoms with Gasteiger partial charge in [-0.3, -0.25) is 18.4 Å². The summed E-state index contributed by atoms with van der Waals surface area (Å²) >= 11 is 0. The number of fused-ring (bicyclic) bond motifs is 2. The Balaban J connectivity index is 0.812. The molecule has 6 aromatic rings. The number of benzene rings is 2. The van der Waals surface area contributed by atoms with Gasteiger partial charge in [0.15, 0.2) is 11.6 Å². The van der Waals surface area contributed by atoms with Crippen LogP contribution in [-0.2, 0) is 33.2 Å². The maximum absolute atomic E-state index is 13.7. The third-order valence-corrected chi connectivity index (χ3v) is 10.4. The van der Waals surface area contributed by atoms with Crippen LogP contribution in [0.4, 0.5) is 11.4 Å². The third-order valence-electron chi connectivity index (χ3n) is 10.4. The van der Waals surface area contributed by atoms with E-state index in [0.29, 0.717) is 122 Å². The Morgan fingerprint density at radius 2 is 0.815 bits per heavy atom. The van der Waals surface area contributed by atoms with Crippen molar-refractivity contribution in [2.24, 2.45) is 0 Å². The molecule has 6 rings (SSSR count). The van der Waals surface area contributed by atoms with Gasteiger partial charge in [-0.1, -0.05) is 12.1 Å². The number of hydrogen-bond acceptors (Lipinski definition) is 15. The maximum atomic E-state index is 13.7. The molecule has 17 nitrogen and oxygen atoms in total. The first-order valence-corrected chi connectivity index (χ1v) is 21.0. The molecule has 0 aliphatic rings. The Morgan fingerprint density at radius 3 is 1.15 bits per heavy atom. The van der Waals surface area contributed by atoms with Crippen LogP contribution < -0.4 is 20.9 Å². The number of ketones is 2. The molecular formula is C48H54N4O13. The van der Waals surface area contributed by atoms with Crippen molar-refractivity contribution in [3.05, 3.63) is 130 Å². The lowest BCUT2D eigenvalue weighted by Gasteiger charge is -2.10. The number of methoxy groups -OCH3 is 2. The van der Waals surface area contributed by atoms with Gasteiger partial charge in [0.2, 0.25) is 11.8 Å². The zero-order valence-corrected chi connectivity index (χ0v) is 36.9. The molecule has 17 heteroatoms.